The Hall–Kier alpha value is -1.25. The molecular formula is C17H19Cl3F3N3O. The second-order valence-electron chi connectivity index (χ2n) is 5.69. The van der Waals surface area contributed by atoms with Gasteiger partial charge in [-0.05, 0) is 23.8 Å². The van der Waals surface area contributed by atoms with Crippen LogP contribution in [0.2, 0.25) is 5.15 Å². The van der Waals surface area contributed by atoms with Crippen LogP contribution in [0.5, 0.6) is 5.75 Å². The Bertz CT molecular complexity index is 711. The van der Waals surface area contributed by atoms with Gasteiger partial charge in [-0.25, -0.2) is 4.98 Å². The lowest BCUT2D eigenvalue weighted by molar-refractivity contribution is -0.274. The molecule has 10 heteroatoms. The molecule has 0 bridgehead atoms. The Morgan fingerprint density at radius 3 is 2.26 bits per heavy atom. The van der Waals surface area contributed by atoms with Crippen molar-refractivity contribution in [3.05, 3.63) is 58.9 Å². The van der Waals surface area contributed by atoms with Gasteiger partial charge in [-0.1, -0.05) is 29.8 Å². The van der Waals surface area contributed by atoms with Crippen LogP contribution in [0.4, 0.5) is 13.2 Å². The Balaban J connectivity index is 0.00000182. The molecule has 1 aliphatic rings. The van der Waals surface area contributed by atoms with E-state index in [4.69, 9.17) is 11.6 Å². The molecule has 1 fully saturated rings. The predicted octanol–water partition coefficient (Wildman–Crippen LogP) is 4.47. The fourth-order valence-electron chi connectivity index (χ4n) is 2.98. The maximum Gasteiger partial charge on any atom is 0.573 e. The molecule has 0 spiro atoms. The first-order valence-electron chi connectivity index (χ1n) is 7.85. The molecule has 0 radical (unpaired) electrons. The molecule has 0 saturated carbocycles. The topological polar surface area (TPSA) is 37.4 Å². The van der Waals surface area contributed by atoms with E-state index in [0.29, 0.717) is 5.15 Å². The van der Waals surface area contributed by atoms with Crippen LogP contribution in [0.1, 0.15) is 17.2 Å². The highest BCUT2D eigenvalue weighted by Crippen LogP contribution is 2.34. The first kappa shape index (κ1) is 23.8. The number of ether oxygens (including phenoxy) is 1. The van der Waals surface area contributed by atoms with Crippen molar-refractivity contribution >= 4 is 36.4 Å². The third-order valence-electron chi connectivity index (χ3n) is 4.03. The molecule has 27 heavy (non-hydrogen) atoms. The number of alkyl halides is 3. The van der Waals surface area contributed by atoms with E-state index < -0.39 is 6.36 Å². The van der Waals surface area contributed by atoms with Gasteiger partial charge >= 0.3 is 6.36 Å². The standard InChI is InChI=1S/C17H17ClF3N3O.2ClH/c18-16-14(2-1-7-23-16)15(24-10-8-22-9-11-24)12-3-5-13(6-4-12)25-17(19,20)21;;/h1-7,15,22H,8-11H2;2*1H/t15-;;/m0../s1. The van der Waals surface area contributed by atoms with E-state index >= 15 is 0 Å². The monoisotopic (exact) mass is 443 g/mol. The fourth-order valence-corrected chi connectivity index (χ4v) is 3.20. The number of hydrogen-bond donors (Lipinski definition) is 1. The molecule has 1 N–H and O–H groups in total. The number of rotatable bonds is 4. The number of nitrogens with one attached hydrogen (secondary N) is 1. The largest absolute Gasteiger partial charge is 0.573 e. The number of piperazine rings is 1. The molecule has 1 atom stereocenters. The molecule has 2 heterocycles. The van der Waals surface area contributed by atoms with Crippen molar-refractivity contribution in [2.75, 3.05) is 26.2 Å². The average Bonchev–Trinajstić information content (AvgIpc) is 2.58. The second-order valence-corrected chi connectivity index (χ2v) is 6.05. The van der Waals surface area contributed by atoms with Gasteiger partial charge in [0.15, 0.2) is 0 Å². The van der Waals surface area contributed by atoms with Crippen molar-refractivity contribution < 1.29 is 17.9 Å². The number of nitrogens with zero attached hydrogens (tertiary/aromatic N) is 2. The molecule has 4 nitrogen and oxygen atoms in total. The third kappa shape index (κ3) is 6.40. The zero-order valence-electron chi connectivity index (χ0n) is 14.1. The van der Waals surface area contributed by atoms with Gasteiger partial charge in [-0.3, -0.25) is 4.90 Å². The third-order valence-corrected chi connectivity index (χ3v) is 4.34. The molecule has 0 amide bonds. The molecule has 1 aliphatic heterocycles. The van der Waals surface area contributed by atoms with E-state index in [2.05, 4.69) is 19.9 Å². The van der Waals surface area contributed by atoms with Gasteiger partial charge in [0.05, 0.1) is 6.04 Å². The average molecular weight is 445 g/mol. The number of benzene rings is 1. The van der Waals surface area contributed by atoms with Crippen molar-refractivity contribution in [2.45, 2.75) is 12.4 Å². The maximum absolute atomic E-state index is 12.3. The second kappa shape index (κ2) is 10.3. The van der Waals surface area contributed by atoms with Crippen LogP contribution >= 0.6 is 36.4 Å². The van der Waals surface area contributed by atoms with Crippen LogP contribution < -0.4 is 10.1 Å². The summed E-state index contributed by atoms with van der Waals surface area (Å²) in [7, 11) is 0. The lowest BCUT2D eigenvalue weighted by Crippen LogP contribution is -2.45. The van der Waals surface area contributed by atoms with Gasteiger partial charge in [0.1, 0.15) is 10.9 Å². The first-order chi connectivity index (χ1) is 11.9. The SMILES string of the molecule is Cl.Cl.FC(F)(F)Oc1ccc([C@@H](c2cccnc2Cl)N2CCNCC2)cc1. The summed E-state index contributed by atoms with van der Waals surface area (Å²) >= 11 is 6.28. The van der Waals surface area contributed by atoms with E-state index in [1.807, 2.05) is 6.07 Å². The van der Waals surface area contributed by atoms with Gasteiger partial charge in [0, 0.05) is 37.9 Å². The minimum Gasteiger partial charge on any atom is -0.406 e. The van der Waals surface area contributed by atoms with Crippen LogP contribution in [0.3, 0.4) is 0 Å². The molecule has 150 valence electrons. The van der Waals surface area contributed by atoms with Gasteiger partial charge in [0.2, 0.25) is 0 Å². The zero-order valence-corrected chi connectivity index (χ0v) is 16.5. The Labute approximate surface area is 172 Å². The Morgan fingerprint density at radius 1 is 1.07 bits per heavy atom. The number of pyridine rings is 1. The smallest absolute Gasteiger partial charge is 0.406 e. The van der Waals surface area contributed by atoms with E-state index in [9.17, 15) is 13.2 Å². The summed E-state index contributed by atoms with van der Waals surface area (Å²) in [6.07, 6.45) is -3.09. The highest BCUT2D eigenvalue weighted by Gasteiger charge is 2.31. The van der Waals surface area contributed by atoms with Crippen molar-refractivity contribution in [1.29, 1.82) is 0 Å². The number of halogens is 6. The molecule has 1 aromatic carbocycles. The predicted molar refractivity (Wildman–Crippen MR) is 103 cm³/mol. The summed E-state index contributed by atoms with van der Waals surface area (Å²) in [5.41, 5.74) is 1.67. The maximum atomic E-state index is 12.3. The zero-order chi connectivity index (χ0) is 17.9. The normalized spacial score (nSPS) is 16.0. The van der Waals surface area contributed by atoms with E-state index in [0.717, 1.165) is 37.3 Å². The van der Waals surface area contributed by atoms with E-state index in [1.165, 1.54) is 12.1 Å². The highest BCUT2D eigenvalue weighted by molar-refractivity contribution is 6.30. The Morgan fingerprint density at radius 2 is 1.70 bits per heavy atom. The molecule has 1 saturated heterocycles. The molecule has 0 aliphatic carbocycles. The lowest BCUT2D eigenvalue weighted by atomic mass is 9.97. The molecule has 1 aromatic heterocycles. The van der Waals surface area contributed by atoms with E-state index in [-0.39, 0.29) is 36.6 Å². The summed E-state index contributed by atoms with van der Waals surface area (Å²) < 4.78 is 41.0. The summed E-state index contributed by atoms with van der Waals surface area (Å²) in [5, 5.41) is 3.68. The van der Waals surface area contributed by atoms with Crippen LogP contribution in [0.25, 0.3) is 0 Å². The van der Waals surface area contributed by atoms with Crippen LogP contribution in [0.15, 0.2) is 42.6 Å². The molecular weight excluding hydrogens is 426 g/mol. The van der Waals surface area contributed by atoms with Crippen molar-refractivity contribution in [1.82, 2.24) is 15.2 Å². The van der Waals surface area contributed by atoms with Crippen molar-refractivity contribution in [3.63, 3.8) is 0 Å². The summed E-state index contributed by atoms with van der Waals surface area (Å²) in [4.78, 5) is 6.37. The van der Waals surface area contributed by atoms with Crippen LogP contribution in [-0.4, -0.2) is 42.4 Å². The summed E-state index contributed by atoms with van der Waals surface area (Å²) in [6, 6.07) is 9.43. The van der Waals surface area contributed by atoms with Crippen LogP contribution in [-0.2, 0) is 0 Å². The lowest BCUT2D eigenvalue weighted by Gasteiger charge is -2.35. The minimum atomic E-state index is -4.70. The quantitative estimate of drug-likeness (QED) is 0.706. The highest BCUT2D eigenvalue weighted by atomic mass is 35.5. The van der Waals surface area contributed by atoms with Crippen molar-refractivity contribution in [3.8, 4) is 5.75 Å². The van der Waals surface area contributed by atoms with Gasteiger partial charge < -0.3 is 10.1 Å². The minimum absolute atomic E-state index is 0. The van der Waals surface area contributed by atoms with Crippen LogP contribution in [0, 0.1) is 0 Å². The first-order valence-corrected chi connectivity index (χ1v) is 8.23. The van der Waals surface area contributed by atoms with Gasteiger partial charge in [0.25, 0.3) is 0 Å². The fraction of sp³-hybridized carbons (Fsp3) is 0.353. The molecule has 3 rings (SSSR count). The van der Waals surface area contributed by atoms with E-state index in [1.54, 1.807) is 24.4 Å². The summed E-state index contributed by atoms with van der Waals surface area (Å²) in [6.45, 7) is 3.28. The number of hydrogen-bond acceptors (Lipinski definition) is 4. The number of aromatic nitrogens is 1. The van der Waals surface area contributed by atoms with Gasteiger partial charge in [-0.15, -0.1) is 38.0 Å². The molecule has 0 unspecified atom stereocenters. The van der Waals surface area contributed by atoms with Gasteiger partial charge in [-0.2, -0.15) is 0 Å². The van der Waals surface area contributed by atoms with Crippen molar-refractivity contribution in [2.24, 2.45) is 0 Å². The molecule has 2 aromatic rings. The Kier molecular flexibility index (Phi) is 9.11. The summed E-state index contributed by atoms with van der Waals surface area (Å²) in [5.74, 6) is -0.243.